The minimum Gasteiger partial charge on any atom is -0.330 e. The van der Waals surface area contributed by atoms with E-state index in [1.54, 1.807) is 54.6 Å². The zero-order valence-corrected chi connectivity index (χ0v) is 16.9. The summed E-state index contributed by atoms with van der Waals surface area (Å²) in [5, 5.41) is 2.84. The van der Waals surface area contributed by atoms with Crippen molar-refractivity contribution in [2.45, 2.75) is 42.8 Å². The first-order valence-corrected chi connectivity index (χ1v) is 10.5. The number of halogens is 1. The Morgan fingerprint density at radius 2 is 1.63 bits per heavy atom. The Morgan fingerprint density at radius 3 is 2.33 bits per heavy atom. The molecule has 2 aromatic carbocycles. The molecule has 0 fully saturated rings. The molecule has 0 bridgehead atoms. The normalized spacial score (nSPS) is 10.9. The van der Waals surface area contributed by atoms with E-state index in [9.17, 15) is 13.2 Å². The van der Waals surface area contributed by atoms with Crippen molar-refractivity contribution >= 4 is 33.8 Å². The third kappa shape index (κ3) is 8.12. The molecule has 148 valence electrons. The van der Waals surface area contributed by atoms with Crippen molar-refractivity contribution in [3.05, 3.63) is 60.2 Å². The number of nitrogens with two attached hydrogens (primary N) is 1. The summed E-state index contributed by atoms with van der Waals surface area (Å²) in [5.41, 5.74) is 6.72. The van der Waals surface area contributed by atoms with E-state index in [1.165, 1.54) is 0 Å². The van der Waals surface area contributed by atoms with Gasteiger partial charge in [0.2, 0.25) is 5.91 Å². The monoisotopic (exact) mass is 410 g/mol. The number of sulfone groups is 1. The fraction of sp³-hybridized carbons (Fsp3) is 0.350. The van der Waals surface area contributed by atoms with Gasteiger partial charge in [0, 0.05) is 12.1 Å². The highest BCUT2D eigenvalue weighted by Gasteiger charge is 2.15. The van der Waals surface area contributed by atoms with Crippen molar-refractivity contribution in [2.75, 3.05) is 11.9 Å². The van der Waals surface area contributed by atoms with E-state index < -0.39 is 9.84 Å². The number of hydrogen-bond acceptors (Lipinski definition) is 4. The van der Waals surface area contributed by atoms with Crippen molar-refractivity contribution in [1.29, 1.82) is 0 Å². The Hall–Kier alpha value is -1.89. The van der Waals surface area contributed by atoms with Gasteiger partial charge in [-0.25, -0.2) is 8.42 Å². The number of nitrogens with one attached hydrogen (secondary N) is 1. The van der Waals surface area contributed by atoms with Gasteiger partial charge in [-0.2, -0.15) is 0 Å². The Kier molecular flexibility index (Phi) is 10.1. The predicted octanol–water partition coefficient (Wildman–Crippen LogP) is 3.93. The second kappa shape index (κ2) is 11.7. The van der Waals surface area contributed by atoms with E-state index in [0.29, 0.717) is 29.1 Å². The van der Waals surface area contributed by atoms with Crippen molar-refractivity contribution in [3.8, 4) is 0 Å². The minimum absolute atomic E-state index is 0. The van der Waals surface area contributed by atoms with Crippen LogP contribution in [0, 0.1) is 0 Å². The summed E-state index contributed by atoms with van der Waals surface area (Å²) in [5.74, 6) is -0.152. The van der Waals surface area contributed by atoms with Gasteiger partial charge in [0.25, 0.3) is 0 Å². The largest absolute Gasteiger partial charge is 0.330 e. The smallest absolute Gasteiger partial charge is 0.224 e. The van der Waals surface area contributed by atoms with Crippen LogP contribution < -0.4 is 11.1 Å². The van der Waals surface area contributed by atoms with Gasteiger partial charge >= 0.3 is 0 Å². The van der Waals surface area contributed by atoms with Crippen LogP contribution in [0.4, 0.5) is 5.69 Å². The Labute approximate surface area is 167 Å². The van der Waals surface area contributed by atoms with Crippen LogP contribution in [-0.4, -0.2) is 20.9 Å². The van der Waals surface area contributed by atoms with Crippen LogP contribution in [-0.2, 0) is 20.4 Å². The third-order valence-electron chi connectivity index (χ3n) is 4.03. The highest BCUT2D eigenvalue weighted by molar-refractivity contribution is 7.90. The molecule has 0 saturated heterocycles. The molecule has 7 heteroatoms. The average Bonchev–Trinajstić information content (AvgIpc) is 2.62. The molecule has 0 aliphatic carbocycles. The van der Waals surface area contributed by atoms with E-state index in [-0.39, 0.29) is 24.1 Å². The van der Waals surface area contributed by atoms with Crippen LogP contribution in [0.3, 0.4) is 0 Å². The van der Waals surface area contributed by atoms with Crippen LogP contribution in [0.25, 0.3) is 0 Å². The van der Waals surface area contributed by atoms with Gasteiger partial charge in [-0.3, -0.25) is 4.79 Å². The Balaban J connectivity index is 0.00000364. The Morgan fingerprint density at radius 1 is 0.926 bits per heavy atom. The molecule has 3 N–H and O–H groups in total. The molecule has 1 amide bonds. The zero-order chi connectivity index (χ0) is 18.8. The second-order valence-corrected chi connectivity index (χ2v) is 8.26. The van der Waals surface area contributed by atoms with Gasteiger partial charge in [-0.05, 0) is 49.2 Å². The fourth-order valence-corrected chi connectivity index (χ4v) is 4.03. The van der Waals surface area contributed by atoms with Gasteiger partial charge in [-0.1, -0.05) is 43.2 Å². The lowest BCUT2D eigenvalue weighted by Crippen LogP contribution is -2.12. The molecule has 0 aliphatic rings. The number of unbranched alkanes of at least 4 members (excludes halogenated alkanes) is 3. The summed E-state index contributed by atoms with van der Waals surface area (Å²) in [6.45, 7) is 0.685. The number of carbonyl (C=O) groups is 1. The molecule has 0 atom stereocenters. The van der Waals surface area contributed by atoms with Crippen LogP contribution in [0.2, 0.25) is 0 Å². The summed E-state index contributed by atoms with van der Waals surface area (Å²) in [7, 11) is -3.40. The quantitative estimate of drug-likeness (QED) is 0.580. The maximum absolute atomic E-state index is 12.5. The molecule has 0 heterocycles. The number of rotatable bonds is 10. The predicted molar refractivity (Wildman–Crippen MR) is 112 cm³/mol. The standard InChI is InChI=1S/C20H26N2O3S.ClH/c21-14-7-2-1-6-13-20(23)22-18-10-8-9-17(15-18)16-26(24,25)19-11-4-3-5-12-19;/h3-5,8-12,15H,1-2,6-7,13-14,16,21H2,(H,22,23);1H. The number of anilines is 1. The molecular formula is C20H27ClN2O3S. The van der Waals surface area contributed by atoms with E-state index in [1.807, 2.05) is 0 Å². The molecule has 0 spiro atoms. The van der Waals surface area contributed by atoms with E-state index in [0.717, 1.165) is 25.7 Å². The molecule has 0 saturated carbocycles. The van der Waals surface area contributed by atoms with Crippen molar-refractivity contribution in [3.63, 3.8) is 0 Å². The van der Waals surface area contributed by atoms with Crippen LogP contribution in [0.15, 0.2) is 59.5 Å². The summed E-state index contributed by atoms with van der Waals surface area (Å²) in [4.78, 5) is 12.3. The lowest BCUT2D eigenvalue weighted by molar-refractivity contribution is -0.116. The van der Waals surface area contributed by atoms with Crippen molar-refractivity contribution in [2.24, 2.45) is 5.73 Å². The third-order valence-corrected chi connectivity index (χ3v) is 5.73. The minimum atomic E-state index is -3.40. The first-order chi connectivity index (χ1) is 12.5. The van der Waals surface area contributed by atoms with E-state index >= 15 is 0 Å². The van der Waals surface area contributed by atoms with Crippen LogP contribution in [0.1, 0.15) is 37.7 Å². The fourth-order valence-electron chi connectivity index (χ4n) is 2.68. The molecule has 27 heavy (non-hydrogen) atoms. The zero-order valence-electron chi connectivity index (χ0n) is 15.3. The van der Waals surface area contributed by atoms with E-state index in [4.69, 9.17) is 5.73 Å². The van der Waals surface area contributed by atoms with Gasteiger partial charge in [0.15, 0.2) is 9.84 Å². The second-order valence-electron chi connectivity index (χ2n) is 6.27. The lowest BCUT2D eigenvalue weighted by Gasteiger charge is -2.08. The first kappa shape index (κ1) is 23.1. The van der Waals surface area contributed by atoms with Gasteiger partial charge in [0.05, 0.1) is 10.6 Å². The summed E-state index contributed by atoms with van der Waals surface area (Å²) >= 11 is 0. The van der Waals surface area contributed by atoms with Crippen LogP contribution in [0.5, 0.6) is 0 Å². The van der Waals surface area contributed by atoms with Crippen molar-refractivity contribution in [1.82, 2.24) is 0 Å². The topological polar surface area (TPSA) is 89.3 Å². The maximum atomic E-state index is 12.5. The summed E-state index contributed by atoms with van der Waals surface area (Å²) < 4.78 is 24.9. The van der Waals surface area contributed by atoms with Crippen molar-refractivity contribution < 1.29 is 13.2 Å². The summed E-state index contributed by atoms with van der Waals surface area (Å²) in [6, 6.07) is 15.4. The number of hydrogen-bond donors (Lipinski definition) is 2. The molecule has 2 rings (SSSR count). The molecular weight excluding hydrogens is 384 g/mol. The first-order valence-electron chi connectivity index (χ1n) is 8.88. The highest BCUT2D eigenvalue weighted by Crippen LogP contribution is 2.19. The molecule has 0 aliphatic heterocycles. The van der Waals surface area contributed by atoms with E-state index in [2.05, 4.69) is 5.32 Å². The highest BCUT2D eigenvalue weighted by atomic mass is 35.5. The van der Waals surface area contributed by atoms with Gasteiger partial charge < -0.3 is 11.1 Å². The average molecular weight is 411 g/mol. The maximum Gasteiger partial charge on any atom is 0.224 e. The molecule has 5 nitrogen and oxygen atoms in total. The number of carbonyl (C=O) groups excluding carboxylic acids is 1. The van der Waals surface area contributed by atoms with Gasteiger partial charge in [-0.15, -0.1) is 12.4 Å². The SMILES string of the molecule is Cl.NCCCCCCC(=O)Nc1cccc(CS(=O)(=O)c2ccccc2)c1. The molecule has 2 aromatic rings. The van der Waals surface area contributed by atoms with Crippen LogP contribution >= 0.6 is 12.4 Å². The summed E-state index contributed by atoms with van der Waals surface area (Å²) in [6.07, 6.45) is 4.29. The van der Waals surface area contributed by atoms with Gasteiger partial charge in [0.1, 0.15) is 0 Å². The Bertz CT molecular complexity index is 811. The number of amides is 1. The lowest BCUT2D eigenvalue weighted by atomic mass is 10.1. The molecule has 0 radical (unpaired) electrons. The molecule has 0 unspecified atom stereocenters. The molecule has 0 aromatic heterocycles. The number of benzene rings is 2.